The molecule has 0 saturated carbocycles. The second kappa shape index (κ2) is 6.75. The van der Waals surface area contributed by atoms with Crippen molar-refractivity contribution in [1.82, 2.24) is 0 Å². The van der Waals surface area contributed by atoms with E-state index in [4.69, 9.17) is 13.3 Å². The van der Waals surface area contributed by atoms with Crippen molar-refractivity contribution in [1.29, 1.82) is 0 Å². The first-order valence-electron chi connectivity index (χ1n) is 4.22. The molecule has 83 valence electrons. The average Bonchev–Trinajstić information content (AvgIpc) is 2.18. The zero-order valence-corrected chi connectivity index (χ0v) is 12.1. The molecule has 0 aromatic rings. The molecule has 1 radical (unpaired) electrons. The van der Waals surface area contributed by atoms with Crippen molar-refractivity contribution in [2.75, 3.05) is 21.3 Å². The first kappa shape index (κ1) is 14.3. The zero-order chi connectivity index (χ0) is 11.2. The van der Waals surface area contributed by atoms with Gasteiger partial charge < -0.3 is 13.3 Å². The van der Waals surface area contributed by atoms with Crippen LogP contribution in [0.2, 0.25) is 11.2 Å². The maximum Gasteiger partial charge on any atom is 0.500 e. The van der Waals surface area contributed by atoms with Crippen molar-refractivity contribution in [3.8, 4) is 0 Å². The SMILES string of the molecule is [CH2]C([SiH2]CC(=O)S)[Si](OC)(OC)OC. The summed E-state index contributed by atoms with van der Waals surface area (Å²) in [6.45, 7) is 3.96. The Morgan fingerprint density at radius 3 is 2.14 bits per heavy atom. The number of carbonyl (C=O) groups excluding carboxylic acids is 1. The van der Waals surface area contributed by atoms with E-state index >= 15 is 0 Å². The third-order valence-corrected chi connectivity index (χ3v) is 9.22. The standard InChI is InChI=1S/C7H17O4SSi2/c1-6(13-5-7(8)12)14(9-2,10-3)11-4/h6H,1,5,13H2,2-4H3,(H,8,12). The molecule has 1 atom stereocenters. The fraction of sp³-hybridized carbons (Fsp3) is 0.714. The van der Waals surface area contributed by atoms with Crippen LogP contribution in [0.25, 0.3) is 0 Å². The van der Waals surface area contributed by atoms with Gasteiger partial charge in [-0.3, -0.25) is 4.79 Å². The Hall–Kier alpha value is 0.334. The molecule has 0 aliphatic carbocycles. The van der Waals surface area contributed by atoms with Crippen LogP contribution in [0.1, 0.15) is 0 Å². The Kier molecular flexibility index (Phi) is 6.91. The summed E-state index contributed by atoms with van der Waals surface area (Å²) in [5.74, 6) is 0. The third-order valence-electron chi connectivity index (χ3n) is 2.06. The lowest BCUT2D eigenvalue weighted by Crippen LogP contribution is -2.48. The summed E-state index contributed by atoms with van der Waals surface area (Å²) in [6, 6.07) is 0.488. The van der Waals surface area contributed by atoms with Crippen LogP contribution in [0.15, 0.2) is 0 Å². The van der Waals surface area contributed by atoms with Crippen LogP contribution in [0.5, 0.6) is 0 Å². The Morgan fingerprint density at radius 1 is 1.43 bits per heavy atom. The molecule has 0 aromatic heterocycles. The summed E-state index contributed by atoms with van der Waals surface area (Å²) in [5.41, 5.74) is 0. The van der Waals surface area contributed by atoms with Gasteiger partial charge in [-0.05, 0) is 6.92 Å². The van der Waals surface area contributed by atoms with Crippen molar-refractivity contribution in [2.24, 2.45) is 0 Å². The summed E-state index contributed by atoms with van der Waals surface area (Å²) in [7, 11) is 1.33. The van der Waals surface area contributed by atoms with Gasteiger partial charge in [0.05, 0.1) is 0 Å². The van der Waals surface area contributed by atoms with E-state index in [0.717, 1.165) is 0 Å². The molecule has 14 heavy (non-hydrogen) atoms. The predicted molar refractivity (Wildman–Crippen MR) is 63.2 cm³/mol. The van der Waals surface area contributed by atoms with Crippen LogP contribution in [0.3, 0.4) is 0 Å². The minimum absolute atomic E-state index is 0.0152. The number of rotatable bonds is 7. The molecule has 0 amide bonds. The van der Waals surface area contributed by atoms with E-state index in [-0.39, 0.29) is 10.3 Å². The number of hydrogen-bond donors (Lipinski definition) is 1. The largest absolute Gasteiger partial charge is 0.500 e. The van der Waals surface area contributed by atoms with Gasteiger partial charge in [-0.2, -0.15) is 0 Å². The molecule has 0 heterocycles. The summed E-state index contributed by atoms with van der Waals surface area (Å²) < 4.78 is 15.8. The summed E-state index contributed by atoms with van der Waals surface area (Å²) in [5, 5.41) is -0.116. The molecule has 7 heteroatoms. The van der Waals surface area contributed by atoms with Gasteiger partial charge in [0.1, 0.15) is 0 Å². The maximum atomic E-state index is 10.7. The first-order chi connectivity index (χ1) is 6.52. The minimum atomic E-state index is -2.62. The van der Waals surface area contributed by atoms with Crippen molar-refractivity contribution in [2.45, 2.75) is 11.2 Å². The Labute approximate surface area is 93.9 Å². The molecule has 0 rings (SSSR count). The van der Waals surface area contributed by atoms with E-state index in [1.165, 1.54) is 0 Å². The zero-order valence-electron chi connectivity index (χ0n) is 8.78. The van der Waals surface area contributed by atoms with Crippen molar-refractivity contribution < 1.29 is 18.1 Å². The van der Waals surface area contributed by atoms with Gasteiger partial charge in [-0.1, -0.05) is 0 Å². The highest BCUT2D eigenvalue weighted by Crippen LogP contribution is 2.22. The van der Waals surface area contributed by atoms with Crippen LogP contribution in [-0.4, -0.2) is 44.8 Å². The van der Waals surface area contributed by atoms with E-state index in [0.29, 0.717) is 6.04 Å². The fourth-order valence-electron chi connectivity index (χ4n) is 1.22. The summed E-state index contributed by atoms with van der Waals surface area (Å²) in [6.07, 6.45) is 0. The highest BCUT2D eigenvalue weighted by Gasteiger charge is 2.44. The topological polar surface area (TPSA) is 44.8 Å². The quantitative estimate of drug-likeness (QED) is 0.515. The smallest absolute Gasteiger partial charge is 0.377 e. The van der Waals surface area contributed by atoms with Crippen molar-refractivity contribution in [3.05, 3.63) is 6.92 Å². The van der Waals surface area contributed by atoms with Gasteiger partial charge in [0.25, 0.3) is 0 Å². The van der Waals surface area contributed by atoms with Gasteiger partial charge in [-0.25, -0.2) is 0 Å². The van der Waals surface area contributed by atoms with Crippen molar-refractivity contribution >= 4 is 36.1 Å². The molecule has 0 fully saturated rings. The molecule has 0 aliphatic heterocycles. The van der Waals surface area contributed by atoms with Crippen LogP contribution in [0, 0.1) is 6.92 Å². The normalized spacial score (nSPS) is 14.9. The van der Waals surface area contributed by atoms with E-state index in [2.05, 4.69) is 19.6 Å². The molecule has 4 nitrogen and oxygen atoms in total. The van der Waals surface area contributed by atoms with E-state index in [1.54, 1.807) is 21.3 Å². The highest BCUT2D eigenvalue weighted by atomic mass is 32.1. The average molecular weight is 253 g/mol. The van der Waals surface area contributed by atoms with E-state index in [9.17, 15) is 4.79 Å². The van der Waals surface area contributed by atoms with Crippen molar-refractivity contribution in [3.63, 3.8) is 0 Å². The lowest BCUT2D eigenvalue weighted by atomic mass is 10.9. The van der Waals surface area contributed by atoms with Crippen LogP contribution >= 0.6 is 12.6 Å². The molecule has 0 aromatic carbocycles. The molecule has 0 bridgehead atoms. The molecule has 0 spiro atoms. The lowest BCUT2D eigenvalue weighted by molar-refractivity contribution is -0.108. The van der Waals surface area contributed by atoms with Gasteiger partial charge in [0.2, 0.25) is 0 Å². The Bertz CT molecular complexity index is 178. The predicted octanol–water partition coefficient (Wildman–Crippen LogP) is 0.0698. The summed E-state index contributed by atoms with van der Waals surface area (Å²) >= 11 is 3.72. The Balaban J connectivity index is 4.28. The second-order valence-corrected chi connectivity index (χ2v) is 9.47. The second-order valence-electron chi connectivity index (χ2n) is 2.85. The molecule has 0 saturated heterocycles. The van der Waals surface area contributed by atoms with Gasteiger partial charge >= 0.3 is 8.80 Å². The molecular weight excluding hydrogens is 236 g/mol. The molecule has 0 N–H and O–H groups in total. The fourth-order valence-corrected chi connectivity index (χ4v) is 7.05. The number of hydrogen-bond acceptors (Lipinski definition) is 4. The first-order valence-corrected chi connectivity index (χ1v) is 8.29. The third kappa shape index (κ3) is 3.83. The van der Waals surface area contributed by atoms with E-state index in [1.807, 2.05) is 0 Å². The number of thiol groups is 1. The van der Waals surface area contributed by atoms with E-state index < -0.39 is 18.3 Å². The minimum Gasteiger partial charge on any atom is -0.377 e. The molecular formula is C7H17O4SSi2. The maximum absolute atomic E-state index is 10.7. The highest BCUT2D eigenvalue weighted by molar-refractivity contribution is 7.96. The molecule has 1 unspecified atom stereocenters. The summed E-state index contributed by atoms with van der Waals surface area (Å²) in [4.78, 5) is 10.7. The van der Waals surface area contributed by atoms with Crippen LogP contribution in [0.4, 0.5) is 0 Å². The van der Waals surface area contributed by atoms with Gasteiger partial charge in [0, 0.05) is 42.1 Å². The van der Waals surface area contributed by atoms with Crippen LogP contribution < -0.4 is 0 Å². The van der Waals surface area contributed by atoms with Crippen LogP contribution in [-0.2, 0) is 18.1 Å². The van der Waals surface area contributed by atoms with Gasteiger partial charge in [-0.15, -0.1) is 12.6 Å². The lowest BCUT2D eigenvalue weighted by Gasteiger charge is -2.29. The van der Waals surface area contributed by atoms with Gasteiger partial charge in [0.15, 0.2) is 5.12 Å². The number of carbonyl (C=O) groups is 1. The molecule has 0 aliphatic rings. The monoisotopic (exact) mass is 253 g/mol. The Morgan fingerprint density at radius 2 is 1.86 bits per heavy atom.